The van der Waals surface area contributed by atoms with E-state index in [4.69, 9.17) is 0 Å². The Morgan fingerprint density at radius 2 is 1.96 bits per heavy atom. The quantitative estimate of drug-likeness (QED) is 0.831. The summed E-state index contributed by atoms with van der Waals surface area (Å²) in [6.45, 7) is 4.17. The number of piperidine rings is 1. The first kappa shape index (κ1) is 16.7. The number of rotatable bonds is 2. The van der Waals surface area contributed by atoms with Gasteiger partial charge < -0.3 is 4.90 Å². The van der Waals surface area contributed by atoms with Crippen LogP contribution in [0.15, 0.2) is 4.79 Å². The number of carbonyl (C=O) groups excluding carboxylic acids is 1. The van der Waals surface area contributed by atoms with E-state index in [1.807, 2.05) is 11.0 Å². The van der Waals surface area contributed by atoms with Crippen LogP contribution in [0.4, 0.5) is 0 Å². The molecular weight excluding hydrogens is 304 g/mol. The number of aryl methyl sites for hydroxylation is 1. The van der Waals surface area contributed by atoms with Gasteiger partial charge in [0.1, 0.15) is 18.2 Å². The standard InChI is InChI=1S/C18H24N4O2/c1-12-13(2)20-22(18(24)15(12)10-19)11-17(23)21-9-5-7-14-6-3-4-8-16(14)21/h14,16H,3-9,11H2,1-2H3/t14-,16+/m0/s1. The number of likely N-dealkylation sites (tertiary alicyclic amines) is 1. The molecule has 1 amide bonds. The zero-order valence-corrected chi connectivity index (χ0v) is 14.4. The van der Waals surface area contributed by atoms with Gasteiger partial charge in [-0.05, 0) is 51.0 Å². The van der Waals surface area contributed by atoms with E-state index >= 15 is 0 Å². The molecule has 128 valence electrons. The van der Waals surface area contributed by atoms with Gasteiger partial charge in [0.25, 0.3) is 5.56 Å². The molecule has 6 heteroatoms. The number of carbonyl (C=O) groups is 1. The van der Waals surface area contributed by atoms with Gasteiger partial charge >= 0.3 is 0 Å². The van der Waals surface area contributed by atoms with E-state index in [-0.39, 0.29) is 18.0 Å². The molecule has 0 N–H and O–H groups in total. The summed E-state index contributed by atoms with van der Waals surface area (Å²) in [7, 11) is 0. The molecule has 1 aromatic heterocycles. The zero-order chi connectivity index (χ0) is 17.3. The summed E-state index contributed by atoms with van der Waals surface area (Å²) in [5.74, 6) is 0.559. The second-order valence-electron chi connectivity index (χ2n) is 7.00. The molecule has 2 heterocycles. The van der Waals surface area contributed by atoms with Crippen LogP contribution in [0.1, 0.15) is 55.3 Å². The van der Waals surface area contributed by atoms with E-state index < -0.39 is 5.56 Å². The average molecular weight is 328 g/mol. The van der Waals surface area contributed by atoms with E-state index in [9.17, 15) is 14.9 Å². The molecule has 2 fully saturated rings. The third-order valence-electron chi connectivity index (χ3n) is 5.60. The first-order valence-electron chi connectivity index (χ1n) is 8.80. The highest BCUT2D eigenvalue weighted by Crippen LogP contribution is 2.35. The molecule has 1 aliphatic heterocycles. The number of hydrogen-bond acceptors (Lipinski definition) is 4. The van der Waals surface area contributed by atoms with Crippen molar-refractivity contribution in [3.8, 4) is 6.07 Å². The second-order valence-corrected chi connectivity index (χ2v) is 7.00. The fraction of sp³-hybridized carbons (Fsp3) is 0.667. The molecule has 0 unspecified atom stereocenters. The fourth-order valence-electron chi connectivity index (χ4n) is 4.16. The maximum absolute atomic E-state index is 12.8. The molecule has 1 saturated heterocycles. The van der Waals surface area contributed by atoms with E-state index in [2.05, 4.69) is 5.10 Å². The van der Waals surface area contributed by atoms with Crippen LogP contribution in [-0.2, 0) is 11.3 Å². The Hall–Kier alpha value is -2.16. The summed E-state index contributed by atoms with van der Waals surface area (Å²) < 4.78 is 1.16. The Kier molecular flexibility index (Phi) is 4.70. The summed E-state index contributed by atoms with van der Waals surface area (Å²) in [4.78, 5) is 27.2. The summed E-state index contributed by atoms with van der Waals surface area (Å²) in [6, 6.07) is 2.26. The third kappa shape index (κ3) is 2.95. The van der Waals surface area contributed by atoms with Crippen LogP contribution in [0.3, 0.4) is 0 Å². The van der Waals surface area contributed by atoms with Crippen molar-refractivity contribution < 1.29 is 4.79 Å². The molecule has 2 atom stereocenters. The van der Waals surface area contributed by atoms with Gasteiger partial charge in [0, 0.05) is 12.6 Å². The molecule has 1 aromatic rings. The Morgan fingerprint density at radius 1 is 1.25 bits per heavy atom. The van der Waals surface area contributed by atoms with Crippen LogP contribution < -0.4 is 5.56 Å². The lowest BCUT2D eigenvalue weighted by Crippen LogP contribution is -2.51. The van der Waals surface area contributed by atoms with Crippen molar-refractivity contribution in [2.75, 3.05) is 6.54 Å². The first-order valence-corrected chi connectivity index (χ1v) is 8.80. The molecule has 0 spiro atoms. The Morgan fingerprint density at radius 3 is 2.71 bits per heavy atom. The van der Waals surface area contributed by atoms with Gasteiger partial charge in [-0.15, -0.1) is 0 Å². The van der Waals surface area contributed by atoms with Gasteiger partial charge in [-0.2, -0.15) is 10.4 Å². The average Bonchev–Trinajstić information content (AvgIpc) is 2.59. The minimum atomic E-state index is -0.467. The molecule has 3 rings (SSSR count). The van der Waals surface area contributed by atoms with E-state index in [0.29, 0.717) is 23.2 Å². The van der Waals surface area contributed by atoms with E-state index in [1.165, 1.54) is 25.7 Å². The molecule has 6 nitrogen and oxygen atoms in total. The Bertz CT molecular complexity index is 745. The Balaban J connectivity index is 1.84. The second kappa shape index (κ2) is 6.76. The van der Waals surface area contributed by atoms with Gasteiger partial charge in [-0.3, -0.25) is 9.59 Å². The monoisotopic (exact) mass is 328 g/mol. The number of nitrogens with zero attached hydrogens (tertiary/aromatic N) is 4. The molecule has 0 aromatic carbocycles. The molecule has 0 radical (unpaired) electrons. The number of fused-ring (bicyclic) bond motifs is 1. The lowest BCUT2D eigenvalue weighted by Gasteiger charge is -2.44. The predicted octanol–water partition coefficient (Wildman–Crippen LogP) is 1.91. The third-order valence-corrected chi connectivity index (χ3v) is 5.60. The van der Waals surface area contributed by atoms with Crippen molar-refractivity contribution in [1.29, 1.82) is 5.26 Å². The minimum Gasteiger partial charge on any atom is -0.338 e. The number of hydrogen-bond donors (Lipinski definition) is 0. The van der Waals surface area contributed by atoms with Crippen molar-refractivity contribution >= 4 is 5.91 Å². The number of aromatic nitrogens is 2. The minimum absolute atomic E-state index is 0.0478. The van der Waals surface area contributed by atoms with Crippen molar-refractivity contribution in [3.63, 3.8) is 0 Å². The van der Waals surface area contributed by atoms with E-state index in [0.717, 1.165) is 24.1 Å². The van der Waals surface area contributed by atoms with E-state index in [1.54, 1.807) is 13.8 Å². The van der Waals surface area contributed by atoms with Gasteiger partial charge in [0.2, 0.25) is 5.91 Å². The van der Waals surface area contributed by atoms with Crippen molar-refractivity contribution in [2.45, 2.75) is 65.0 Å². The molecule has 1 saturated carbocycles. The fourth-order valence-corrected chi connectivity index (χ4v) is 4.16. The first-order chi connectivity index (χ1) is 11.5. The highest BCUT2D eigenvalue weighted by Gasteiger charge is 2.35. The molecule has 1 aliphatic carbocycles. The topological polar surface area (TPSA) is 79.0 Å². The highest BCUT2D eigenvalue weighted by atomic mass is 16.2. The summed E-state index contributed by atoms with van der Waals surface area (Å²) in [6.07, 6.45) is 6.93. The van der Waals surface area contributed by atoms with Gasteiger partial charge in [0.15, 0.2) is 0 Å². The highest BCUT2D eigenvalue weighted by molar-refractivity contribution is 5.76. The molecule has 2 aliphatic rings. The lowest BCUT2D eigenvalue weighted by molar-refractivity contribution is -0.138. The van der Waals surface area contributed by atoms with Crippen LogP contribution in [0, 0.1) is 31.1 Å². The van der Waals surface area contributed by atoms with Crippen molar-refractivity contribution in [2.24, 2.45) is 5.92 Å². The van der Waals surface area contributed by atoms with Crippen LogP contribution in [0.5, 0.6) is 0 Å². The summed E-state index contributed by atoms with van der Waals surface area (Å²) >= 11 is 0. The van der Waals surface area contributed by atoms with Gasteiger partial charge in [-0.25, -0.2) is 4.68 Å². The van der Waals surface area contributed by atoms with Crippen LogP contribution in [0.2, 0.25) is 0 Å². The van der Waals surface area contributed by atoms with Crippen molar-refractivity contribution in [1.82, 2.24) is 14.7 Å². The van der Waals surface area contributed by atoms with Crippen molar-refractivity contribution in [3.05, 3.63) is 27.2 Å². The maximum atomic E-state index is 12.8. The Labute approximate surface area is 142 Å². The maximum Gasteiger partial charge on any atom is 0.285 e. The van der Waals surface area contributed by atoms with Gasteiger partial charge in [0.05, 0.1) is 5.69 Å². The number of nitriles is 1. The predicted molar refractivity (Wildman–Crippen MR) is 89.4 cm³/mol. The van der Waals surface area contributed by atoms with Crippen LogP contribution in [0.25, 0.3) is 0 Å². The lowest BCUT2D eigenvalue weighted by atomic mass is 9.78. The normalized spacial score (nSPS) is 23.5. The molecule has 0 bridgehead atoms. The smallest absolute Gasteiger partial charge is 0.285 e. The summed E-state index contributed by atoms with van der Waals surface area (Å²) in [5.41, 5.74) is 0.834. The summed E-state index contributed by atoms with van der Waals surface area (Å²) in [5, 5.41) is 13.4. The largest absolute Gasteiger partial charge is 0.338 e. The zero-order valence-electron chi connectivity index (χ0n) is 14.4. The van der Waals surface area contributed by atoms with Gasteiger partial charge in [-0.1, -0.05) is 12.8 Å². The SMILES string of the molecule is Cc1nn(CC(=O)N2CCC[C@@H]3CCCC[C@H]32)c(=O)c(C#N)c1C. The van der Waals surface area contributed by atoms with Crippen LogP contribution in [-0.4, -0.2) is 33.2 Å². The number of amides is 1. The molecular formula is C18H24N4O2. The molecule has 24 heavy (non-hydrogen) atoms. The van der Waals surface area contributed by atoms with Crippen LogP contribution >= 0.6 is 0 Å².